The van der Waals surface area contributed by atoms with Gasteiger partial charge < -0.3 is 4.74 Å². The second-order valence-electron chi connectivity index (χ2n) is 11.3. The van der Waals surface area contributed by atoms with Gasteiger partial charge in [0.2, 0.25) is 0 Å². The van der Waals surface area contributed by atoms with Crippen LogP contribution in [0.5, 0.6) is 0 Å². The minimum atomic E-state index is -0.0890. The summed E-state index contributed by atoms with van der Waals surface area (Å²) in [4.78, 5) is 11.7. The maximum atomic E-state index is 11.7. The highest BCUT2D eigenvalue weighted by Crippen LogP contribution is 2.67. The molecule has 5 rings (SSSR count). The molecule has 0 heterocycles. The molecule has 0 amide bonds. The van der Waals surface area contributed by atoms with Gasteiger partial charge in [0.05, 0.1) is 0 Å². The molecule has 0 aromatic heterocycles. The van der Waals surface area contributed by atoms with Crippen LogP contribution in [0, 0.1) is 34.5 Å². The number of fused-ring (bicyclic) bond motifs is 5. The van der Waals surface area contributed by atoms with Crippen LogP contribution in [0.15, 0.2) is 30.3 Å². The van der Waals surface area contributed by atoms with Crippen molar-refractivity contribution in [1.29, 1.82) is 0 Å². The van der Waals surface area contributed by atoms with E-state index >= 15 is 0 Å². The van der Waals surface area contributed by atoms with E-state index in [1.807, 2.05) is 0 Å². The van der Waals surface area contributed by atoms with E-state index < -0.39 is 0 Å². The maximum absolute atomic E-state index is 11.7. The third-order valence-electron chi connectivity index (χ3n) is 10.2. The number of hydrogen-bond donors (Lipinski definition) is 0. The molecule has 0 saturated heterocycles. The molecule has 0 N–H and O–H groups in total. The maximum Gasteiger partial charge on any atom is 0.302 e. The van der Waals surface area contributed by atoms with Gasteiger partial charge in [-0.05, 0) is 98.4 Å². The molecule has 4 saturated carbocycles. The van der Waals surface area contributed by atoms with Gasteiger partial charge >= 0.3 is 5.97 Å². The highest BCUT2D eigenvalue weighted by Gasteiger charge is 2.61. The Balaban J connectivity index is 1.35. The molecular weight excluding hydrogens is 356 g/mol. The first-order valence-electron chi connectivity index (χ1n) is 12.1. The van der Waals surface area contributed by atoms with Gasteiger partial charge in [0, 0.05) is 12.3 Å². The zero-order chi connectivity index (χ0) is 20.2. The fourth-order valence-electron chi connectivity index (χ4n) is 8.63. The molecule has 0 bridgehead atoms. The van der Waals surface area contributed by atoms with E-state index in [-0.39, 0.29) is 17.5 Å². The van der Waals surface area contributed by atoms with E-state index in [0.29, 0.717) is 5.41 Å². The Morgan fingerprint density at radius 2 is 1.62 bits per heavy atom. The number of carbonyl (C=O) groups excluding carboxylic acids is 1. The van der Waals surface area contributed by atoms with E-state index in [4.69, 9.17) is 4.74 Å². The predicted molar refractivity (Wildman–Crippen MR) is 116 cm³/mol. The van der Waals surface area contributed by atoms with Crippen LogP contribution in [-0.4, -0.2) is 12.1 Å². The average Bonchev–Trinajstić information content (AvgIpc) is 3.04. The van der Waals surface area contributed by atoms with Crippen LogP contribution in [0.1, 0.15) is 90.0 Å². The van der Waals surface area contributed by atoms with Crippen molar-refractivity contribution in [1.82, 2.24) is 0 Å². The van der Waals surface area contributed by atoms with Gasteiger partial charge in [-0.1, -0.05) is 44.2 Å². The van der Waals surface area contributed by atoms with E-state index in [1.165, 1.54) is 51.4 Å². The third-order valence-corrected chi connectivity index (χ3v) is 10.2. The molecule has 158 valence electrons. The minimum absolute atomic E-state index is 0.0890. The van der Waals surface area contributed by atoms with Crippen LogP contribution >= 0.6 is 0 Å². The number of benzene rings is 1. The molecule has 4 aliphatic carbocycles. The van der Waals surface area contributed by atoms with Crippen molar-refractivity contribution in [3.05, 3.63) is 35.9 Å². The van der Waals surface area contributed by atoms with Crippen LogP contribution < -0.4 is 0 Å². The van der Waals surface area contributed by atoms with Gasteiger partial charge in [0.25, 0.3) is 0 Å². The van der Waals surface area contributed by atoms with Crippen LogP contribution in [-0.2, 0) is 9.53 Å². The molecule has 29 heavy (non-hydrogen) atoms. The standard InChI is InChI=1S/C27H38O2/c1-18(28)29-25-12-11-23-22-10-9-21-17-20(19-7-5-4-6-8-19)13-15-26(21,2)24(22)14-16-27(23,25)3/h4-8,20-25H,9-17H2,1-3H3/t20-,21-,22+,23+,24+,25-,26-,27-/m0/s1. The molecular formula is C27H38O2. The summed E-state index contributed by atoms with van der Waals surface area (Å²) in [7, 11) is 0. The lowest BCUT2D eigenvalue weighted by Crippen LogP contribution is -2.54. The molecule has 4 aliphatic rings. The summed E-state index contributed by atoms with van der Waals surface area (Å²) in [5.74, 6) is 4.05. The van der Waals surface area contributed by atoms with Crippen LogP contribution in [0.25, 0.3) is 0 Å². The summed E-state index contributed by atoms with van der Waals surface area (Å²) in [6.07, 6.45) is 12.1. The van der Waals surface area contributed by atoms with Gasteiger partial charge in [-0.15, -0.1) is 0 Å². The third kappa shape index (κ3) is 3.08. The summed E-state index contributed by atoms with van der Waals surface area (Å²) in [5, 5.41) is 0. The second kappa shape index (κ2) is 7.13. The summed E-state index contributed by atoms with van der Waals surface area (Å²) >= 11 is 0. The van der Waals surface area contributed by atoms with Gasteiger partial charge in [-0.2, -0.15) is 0 Å². The number of ether oxygens (including phenoxy) is 1. The normalized spacial score (nSPS) is 46.3. The van der Waals surface area contributed by atoms with Gasteiger partial charge in [0.1, 0.15) is 6.10 Å². The minimum Gasteiger partial charge on any atom is -0.462 e. The average molecular weight is 395 g/mol. The topological polar surface area (TPSA) is 26.3 Å². The number of hydrogen-bond acceptors (Lipinski definition) is 2. The fraction of sp³-hybridized carbons (Fsp3) is 0.741. The van der Waals surface area contributed by atoms with Crippen molar-refractivity contribution < 1.29 is 9.53 Å². The SMILES string of the molecule is CC(=O)O[C@H]1CC[C@@H]2[C@H]3CC[C@H]4C[C@@H](c5ccccc5)CC[C@]4(C)[C@@H]3CC[C@]12C. The van der Waals surface area contributed by atoms with Crippen molar-refractivity contribution in [2.45, 2.75) is 90.6 Å². The van der Waals surface area contributed by atoms with Gasteiger partial charge in [-0.25, -0.2) is 0 Å². The Bertz CT molecular complexity index is 757. The highest BCUT2D eigenvalue weighted by atomic mass is 16.5. The lowest BCUT2D eigenvalue weighted by Gasteiger charge is -2.61. The first kappa shape index (κ1) is 19.6. The number of carbonyl (C=O) groups is 1. The van der Waals surface area contributed by atoms with Crippen LogP contribution in [0.2, 0.25) is 0 Å². The quantitative estimate of drug-likeness (QED) is 0.519. The van der Waals surface area contributed by atoms with E-state index in [9.17, 15) is 4.79 Å². The molecule has 2 nitrogen and oxygen atoms in total. The molecule has 0 radical (unpaired) electrons. The molecule has 0 unspecified atom stereocenters. The first-order chi connectivity index (χ1) is 13.9. The van der Waals surface area contributed by atoms with Crippen molar-refractivity contribution in [3.8, 4) is 0 Å². The van der Waals surface area contributed by atoms with Crippen molar-refractivity contribution in [3.63, 3.8) is 0 Å². The van der Waals surface area contributed by atoms with Gasteiger partial charge in [0.15, 0.2) is 0 Å². The zero-order valence-electron chi connectivity index (χ0n) is 18.5. The Morgan fingerprint density at radius 3 is 2.38 bits per heavy atom. The number of rotatable bonds is 2. The van der Waals surface area contributed by atoms with E-state index in [0.717, 1.165) is 36.0 Å². The summed E-state index contributed by atoms with van der Waals surface area (Å²) in [5.41, 5.74) is 2.31. The second-order valence-corrected chi connectivity index (χ2v) is 11.3. The van der Waals surface area contributed by atoms with Crippen molar-refractivity contribution in [2.24, 2.45) is 34.5 Å². The van der Waals surface area contributed by atoms with Crippen molar-refractivity contribution in [2.75, 3.05) is 0 Å². The smallest absolute Gasteiger partial charge is 0.302 e. The predicted octanol–water partition coefficient (Wildman–Crippen LogP) is 6.74. The molecule has 8 atom stereocenters. The zero-order valence-corrected chi connectivity index (χ0v) is 18.5. The van der Waals surface area contributed by atoms with Crippen molar-refractivity contribution >= 4 is 5.97 Å². The molecule has 1 aromatic rings. The Hall–Kier alpha value is -1.31. The van der Waals surface area contributed by atoms with E-state index in [1.54, 1.807) is 12.5 Å². The Labute approximate surface area is 176 Å². The van der Waals surface area contributed by atoms with E-state index in [2.05, 4.69) is 44.2 Å². The largest absolute Gasteiger partial charge is 0.462 e. The monoisotopic (exact) mass is 394 g/mol. The lowest BCUT2D eigenvalue weighted by atomic mass is 9.44. The van der Waals surface area contributed by atoms with Crippen LogP contribution in [0.3, 0.4) is 0 Å². The summed E-state index contributed by atoms with van der Waals surface area (Å²) in [6.45, 7) is 6.67. The molecule has 2 heteroatoms. The summed E-state index contributed by atoms with van der Waals surface area (Å²) < 4.78 is 5.82. The Kier molecular flexibility index (Phi) is 4.83. The fourth-order valence-corrected chi connectivity index (χ4v) is 8.63. The van der Waals surface area contributed by atoms with Gasteiger partial charge in [-0.3, -0.25) is 4.79 Å². The summed E-state index contributed by atoms with van der Waals surface area (Å²) in [6, 6.07) is 11.3. The Morgan fingerprint density at radius 1 is 0.897 bits per heavy atom. The number of esters is 1. The molecule has 4 fully saturated rings. The molecule has 1 aromatic carbocycles. The molecule has 0 spiro atoms. The molecule has 0 aliphatic heterocycles. The highest BCUT2D eigenvalue weighted by molar-refractivity contribution is 5.66. The first-order valence-corrected chi connectivity index (χ1v) is 12.1. The van der Waals surface area contributed by atoms with Crippen LogP contribution in [0.4, 0.5) is 0 Å². The lowest BCUT2D eigenvalue weighted by molar-refractivity contribution is -0.161.